The molecule has 4 heterocycles. The summed E-state index contributed by atoms with van der Waals surface area (Å²) in [4.78, 5) is 13.9. The molecular weight excluding hydrogens is 397 g/mol. The smallest absolute Gasteiger partial charge is 0.197 e. The molecule has 0 amide bonds. The first kappa shape index (κ1) is 22.1. The third-order valence-electron chi connectivity index (χ3n) is 4.73. The molecule has 1 aliphatic rings. The summed E-state index contributed by atoms with van der Waals surface area (Å²) in [6.07, 6.45) is 8.12. The fourth-order valence-corrected chi connectivity index (χ4v) is 3.35. The molecule has 4 rings (SSSR count). The van der Waals surface area contributed by atoms with Crippen molar-refractivity contribution in [3.63, 3.8) is 0 Å². The highest BCUT2D eigenvalue weighted by Crippen LogP contribution is 2.28. The normalized spacial score (nSPS) is 14.0. The Labute approximate surface area is 177 Å². The molecule has 3 aromatic heterocycles. The Morgan fingerprint density at radius 1 is 1.14 bits per heavy atom. The molecular formula is C20H25Cl2N5O. The lowest BCUT2D eigenvalue weighted by molar-refractivity contribution is 0.576. The number of halogens is 2. The zero-order chi connectivity index (χ0) is 17.8. The molecule has 0 radical (unpaired) electrons. The lowest BCUT2D eigenvalue weighted by atomic mass is 10.0. The molecule has 1 atom stereocenters. The van der Waals surface area contributed by atoms with E-state index in [0.717, 1.165) is 49.4 Å². The summed E-state index contributed by atoms with van der Waals surface area (Å²) in [5.74, 6) is 2.24. The second-order valence-electron chi connectivity index (χ2n) is 6.44. The molecule has 2 N–H and O–H groups in total. The van der Waals surface area contributed by atoms with E-state index in [-0.39, 0.29) is 30.9 Å². The van der Waals surface area contributed by atoms with Crippen LogP contribution >= 0.6 is 24.8 Å². The minimum atomic E-state index is 0. The van der Waals surface area contributed by atoms with Crippen LogP contribution in [-0.2, 0) is 12.8 Å². The standard InChI is InChI=1S/C20H23N5O.2ClH/c1-2-16(14-5-3-9-22-13-14)23-19-15-7-10-21-11-8-17(15)24-20(25-19)18-6-4-12-26-18;;/h3-6,9,12-13,16,21H,2,7-8,10-11H2,1H3,(H,23,24,25);2*1H. The van der Waals surface area contributed by atoms with Crippen LogP contribution in [0.25, 0.3) is 11.6 Å². The Balaban J connectivity index is 0.00000140. The zero-order valence-electron chi connectivity index (χ0n) is 15.7. The molecule has 0 spiro atoms. The van der Waals surface area contributed by atoms with Gasteiger partial charge >= 0.3 is 0 Å². The van der Waals surface area contributed by atoms with Crippen molar-refractivity contribution in [1.29, 1.82) is 0 Å². The summed E-state index contributed by atoms with van der Waals surface area (Å²) in [6.45, 7) is 4.04. The fraction of sp³-hybridized carbons (Fsp3) is 0.350. The van der Waals surface area contributed by atoms with Crippen LogP contribution in [0.2, 0.25) is 0 Å². The number of anilines is 1. The quantitative estimate of drug-likeness (QED) is 0.641. The Morgan fingerprint density at radius 2 is 2.00 bits per heavy atom. The molecule has 28 heavy (non-hydrogen) atoms. The summed E-state index contributed by atoms with van der Waals surface area (Å²) >= 11 is 0. The number of hydrogen-bond donors (Lipinski definition) is 2. The van der Waals surface area contributed by atoms with E-state index >= 15 is 0 Å². The van der Waals surface area contributed by atoms with Crippen LogP contribution in [0, 0.1) is 0 Å². The third kappa shape index (κ3) is 4.82. The van der Waals surface area contributed by atoms with Gasteiger partial charge in [-0.15, -0.1) is 24.8 Å². The van der Waals surface area contributed by atoms with Gasteiger partial charge in [-0.1, -0.05) is 13.0 Å². The lowest BCUT2D eigenvalue weighted by Gasteiger charge is -2.21. The summed E-state index contributed by atoms with van der Waals surface area (Å²) < 4.78 is 5.53. The van der Waals surface area contributed by atoms with E-state index in [0.29, 0.717) is 11.6 Å². The Hall–Kier alpha value is -2.15. The number of hydrogen-bond acceptors (Lipinski definition) is 6. The van der Waals surface area contributed by atoms with Crippen LogP contribution in [0.4, 0.5) is 5.82 Å². The van der Waals surface area contributed by atoms with Gasteiger partial charge < -0.3 is 15.1 Å². The highest BCUT2D eigenvalue weighted by atomic mass is 35.5. The van der Waals surface area contributed by atoms with Gasteiger partial charge in [-0.05, 0) is 43.1 Å². The van der Waals surface area contributed by atoms with Gasteiger partial charge in [0.25, 0.3) is 0 Å². The van der Waals surface area contributed by atoms with Crippen molar-refractivity contribution in [3.05, 3.63) is 59.7 Å². The zero-order valence-corrected chi connectivity index (χ0v) is 17.4. The number of furan rings is 1. The van der Waals surface area contributed by atoms with Crippen LogP contribution < -0.4 is 10.6 Å². The Morgan fingerprint density at radius 3 is 2.71 bits per heavy atom. The van der Waals surface area contributed by atoms with Crippen LogP contribution in [0.3, 0.4) is 0 Å². The van der Waals surface area contributed by atoms with Crippen LogP contribution in [-0.4, -0.2) is 28.0 Å². The Bertz CT molecular complexity index is 859. The van der Waals surface area contributed by atoms with Gasteiger partial charge in [0.1, 0.15) is 5.82 Å². The van der Waals surface area contributed by atoms with Crippen LogP contribution in [0.1, 0.15) is 36.2 Å². The molecule has 0 saturated heterocycles. The number of nitrogens with zero attached hydrogens (tertiary/aromatic N) is 3. The molecule has 6 nitrogen and oxygen atoms in total. The highest BCUT2D eigenvalue weighted by Gasteiger charge is 2.20. The van der Waals surface area contributed by atoms with Gasteiger partial charge in [0.15, 0.2) is 11.6 Å². The largest absolute Gasteiger partial charge is 0.461 e. The predicted molar refractivity (Wildman–Crippen MR) is 115 cm³/mol. The van der Waals surface area contributed by atoms with Gasteiger partial charge in [0.05, 0.1) is 18.0 Å². The fourth-order valence-electron chi connectivity index (χ4n) is 3.35. The van der Waals surface area contributed by atoms with E-state index in [1.807, 2.05) is 24.4 Å². The van der Waals surface area contributed by atoms with Crippen molar-refractivity contribution in [2.45, 2.75) is 32.2 Å². The van der Waals surface area contributed by atoms with Crippen LogP contribution in [0.15, 0.2) is 47.3 Å². The van der Waals surface area contributed by atoms with E-state index < -0.39 is 0 Å². The molecule has 1 unspecified atom stereocenters. The topological polar surface area (TPSA) is 75.9 Å². The van der Waals surface area contributed by atoms with Crippen molar-refractivity contribution in [2.75, 3.05) is 18.4 Å². The first-order valence-corrected chi connectivity index (χ1v) is 9.16. The van der Waals surface area contributed by atoms with Crippen molar-refractivity contribution in [2.24, 2.45) is 0 Å². The first-order chi connectivity index (χ1) is 12.8. The summed E-state index contributed by atoms with van der Waals surface area (Å²) in [5.41, 5.74) is 3.46. The van der Waals surface area contributed by atoms with Crippen molar-refractivity contribution in [3.8, 4) is 11.6 Å². The molecule has 0 aromatic carbocycles. The number of nitrogens with one attached hydrogen (secondary N) is 2. The second-order valence-corrected chi connectivity index (χ2v) is 6.44. The van der Waals surface area contributed by atoms with Crippen molar-refractivity contribution in [1.82, 2.24) is 20.3 Å². The predicted octanol–water partition coefficient (Wildman–Crippen LogP) is 4.23. The van der Waals surface area contributed by atoms with Gasteiger partial charge in [0.2, 0.25) is 0 Å². The van der Waals surface area contributed by atoms with Gasteiger partial charge in [-0.2, -0.15) is 0 Å². The monoisotopic (exact) mass is 421 g/mol. The number of fused-ring (bicyclic) bond motifs is 1. The maximum atomic E-state index is 5.53. The summed E-state index contributed by atoms with van der Waals surface area (Å²) in [7, 11) is 0. The van der Waals surface area contributed by atoms with Gasteiger partial charge in [-0.25, -0.2) is 9.97 Å². The number of pyridine rings is 1. The van der Waals surface area contributed by atoms with Crippen LogP contribution in [0.5, 0.6) is 0 Å². The number of rotatable bonds is 5. The molecule has 0 saturated carbocycles. The molecule has 0 bridgehead atoms. The average Bonchev–Trinajstić information content (AvgIpc) is 3.12. The molecule has 0 fully saturated rings. The molecule has 150 valence electrons. The van der Waals surface area contributed by atoms with Gasteiger partial charge in [0, 0.05) is 30.9 Å². The highest BCUT2D eigenvalue weighted by molar-refractivity contribution is 5.85. The molecule has 3 aromatic rings. The minimum Gasteiger partial charge on any atom is -0.461 e. The maximum absolute atomic E-state index is 5.53. The summed E-state index contributed by atoms with van der Waals surface area (Å²) in [5, 5.41) is 7.09. The number of aromatic nitrogens is 3. The maximum Gasteiger partial charge on any atom is 0.197 e. The lowest BCUT2D eigenvalue weighted by Crippen LogP contribution is -2.17. The second kappa shape index (κ2) is 10.4. The molecule has 1 aliphatic heterocycles. The van der Waals surface area contributed by atoms with Gasteiger partial charge in [-0.3, -0.25) is 4.98 Å². The van der Waals surface area contributed by atoms with Crippen molar-refractivity contribution < 1.29 is 4.42 Å². The Kier molecular flexibility index (Phi) is 8.23. The van der Waals surface area contributed by atoms with E-state index in [1.54, 1.807) is 12.5 Å². The van der Waals surface area contributed by atoms with E-state index in [1.165, 1.54) is 5.56 Å². The van der Waals surface area contributed by atoms with E-state index in [9.17, 15) is 0 Å². The van der Waals surface area contributed by atoms with E-state index in [4.69, 9.17) is 14.4 Å². The average molecular weight is 422 g/mol. The molecule has 8 heteroatoms. The molecule has 0 aliphatic carbocycles. The SMILES string of the molecule is CCC(Nc1nc(-c2ccco2)nc2c1CCNCC2)c1cccnc1.Cl.Cl. The first-order valence-electron chi connectivity index (χ1n) is 9.16. The third-order valence-corrected chi connectivity index (χ3v) is 4.73. The summed E-state index contributed by atoms with van der Waals surface area (Å²) in [6, 6.07) is 7.99. The minimum absolute atomic E-state index is 0. The van der Waals surface area contributed by atoms with Crippen molar-refractivity contribution >= 4 is 30.6 Å². The van der Waals surface area contributed by atoms with E-state index in [2.05, 4.69) is 28.6 Å².